The lowest BCUT2D eigenvalue weighted by atomic mass is 9.94. The topological polar surface area (TPSA) is 6.48 Å². The van der Waals surface area contributed by atoms with Crippen LogP contribution in [0.25, 0.3) is 0 Å². The summed E-state index contributed by atoms with van der Waals surface area (Å²) in [7, 11) is 0. The summed E-state index contributed by atoms with van der Waals surface area (Å²) in [4.78, 5) is 5.00. The van der Waals surface area contributed by atoms with Gasteiger partial charge in [0.15, 0.2) is 0 Å². The number of nitrogens with zero attached hydrogens (tertiary/aromatic N) is 2. The second kappa shape index (κ2) is 6.22. The summed E-state index contributed by atoms with van der Waals surface area (Å²) in [6.07, 6.45) is 7.05. The lowest BCUT2D eigenvalue weighted by Crippen LogP contribution is -2.44. The van der Waals surface area contributed by atoms with Crippen LogP contribution in [0.2, 0.25) is 0 Å². The maximum atomic E-state index is 5.37. The van der Waals surface area contributed by atoms with Crippen molar-refractivity contribution in [2.75, 3.05) is 25.5 Å². The molecule has 0 spiro atoms. The van der Waals surface area contributed by atoms with Gasteiger partial charge in [-0.05, 0) is 19.4 Å². The van der Waals surface area contributed by atoms with Gasteiger partial charge < -0.3 is 4.90 Å². The molecular weight excluding hydrogens is 236 g/mol. The van der Waals surface area contributed by atoms with E-state index in [1.54, 1.807) is 0 Å². The normalized spacial score (nSPS) is 23.4. The van der Waals surface area contributed by atoms with Gasteiger partial charge in [0.1, 0.15) is 4.32 Å². The van der Waals surface area contributed by atoms with Gasteiger partial charge in [-0.3, -0.25) is 4.90 Å². The second-order valence-electron chi connectivity index (χ2n) is 4.72. The van der Waals surface area contributed by atoms with Crippen molar-refractivity contribution in [2.24, 2.45) is 0 Å². The average Bonchev–Trinajstić information content (AvgIpc) is 2.73. The summed E-state index contributed by atoms with van der Waals surface area (Å²) in [5.74, 6) is 1.18. The van der Waals surface area contributed by atoms with Crippen molar-refractivity contribution < 1.29 is 0 Å². The highest BCUT2D eigenvalue weighted by molar-refractivity contribution is 8.23. The van der Waals surface area contributed by atoms with E-state index in [1.165, 1.54) is 37.9 Å². The summed E-state index contributed by atoms with van der Waals surface area (Å²) in [5.41, 5.74) is 0. The Labute approximate surface area is 109 Å². The minimum absolute atomic E-state index is 0.812. The van der Waals surface area contributed by atoms with E-state index in [0.29, 0.717) is 0 Å². The van der Waals surface area contributed by atoms with Crippen LogP contribution in [0.1, 0.15) is 39.0 Å². The smallest absolute Gasteiger partial charge is 0.137 e. The quantitative estimate of drug-likeness (QED) is 0.715. The molecule has 0 atom stereocenters. The van der Waals surface area contributed by atoms with Gasteiger partial charge in [0.2, 0.25) is 0 Å². The second-order valence-corrected chi connectivity index (χ2v) is 6.44. The zero-order valence-electron chi connectivity index (χ0n) is 10.2. The molecule has 1 saturated carbocycles. The number of rotatable bonds is 4. The van der Waals surface area contributed by atoms with Crippen molar-refractivity contribution >= 4 is 28.3 Å². The third-order valence-corrected chi connectivity index (χ3v) is 5.20. The fourth-order valence-electron chi connectivity index (χ4n) is 2.69. The summed E-state index contributed by atoms with van der Waals surface area (Å²) < 4.78 is 1.11. The first-order chi connectivity index (χ1) is 7.81. The largest absolute Gasteiger partial charge is 0.344 e. The molecule has 1 saturated heterocycles. The van der Waals surface area contributed by atoms with Crippen LogP contribution in [0.3, 0.4) is 0 Å². The highest BCUT2D eigenvalue weighted by Gasteiger charge is 2.24. The van der Waals surface area contributed by atoms with Gasteiger partial charge >= 0.3 is 0 Å². The van der Waals surface area contributed by atoms with Crippen molar-refractivity contribution in [1.29, 1.82) is 0 Å². The molecule has 0 aromatic heterocycles. The van der Waals surface area contributed by atoms with Crippen LogP contribution < -0.4 is 0 Å². The van der Waals surface area contributed by atoms with Gasteiger partial charge in [-0.2, -0.15) is 0 Å². The molecule has 1 aliphatic heterocycles. The van der Waals surface area contributed by atoms with Crippen molar-refractivity contribution in [3.63, 3.8) is 0 Å². The molecule has 1 heterocycles. The molecule has 0 aromatic carbocycles. The van der Waals surface area contributed by atoms with Crippen LogP contribution >= 0.6 is 24.0 Å². The summed E-state index contributed by atoms with van der Waals surface area (Å²) >= 11 is 7.21. The minimum atomic E-state index is 0.812. The molecule has 1 aliphatic carbocycles. The Morgan fingerprint density at radius 3 is 2.69 bits per heavy atom. The van der Waals surface area contributed by atoms with Gasteiger partial charge in [0.05, 0.1) is 6.67 Å². The maximum Gasteiger partial charge on any atom is 0.137 e. The molecule has 2 fully saturated rings. The Morgan fingerprint density at radius 2 is 2.12 bits per heavy atom. The standard InChI is InChI=1S/C12H22N2S2/c1-2-13(11-6-4-3-5-7-11)10-14-8-9-16-12(14)15/h11H,2-10H2,1H3. The van der Waals surface area contributed by atoms with E-state index in [2.05, 4.69) is 16.7 Å². The van der Waals surface area contributed by atoms with E-state index in [4.69, 9.17) is 12.2 Å². The van der Waals surface area contributed by atoms with Crippen molar-refractivity contribution in [2.45, 2.75) is 45.1 Å². The van der Waals surface area contributed by atoms with Gasteiger partial charge in [0, 0.05) is 18.3 Å². The molecule has 0 unspecified atom stereocenters. The molecule has 2 rings (SSSR count). The molecular formula is C12H22N2S2. The fraction of sp³-hybridized carbons (Fsp3) is 0.917. The van der Waals surface area contributed by atoms with Gasteiger partial charge in [-0.15, -0.1) is 0 Å². The van der Waals surface area contributed by atoms with E-state index < -0.39 is 0 Å². The SMILES string of the molecule is CCN(CN1CCSC1=S)C1CCCCC1. The predicted octanol–water partition coefficient (Wildman–Crippen LogP) is 2.93. The van der Waals surface area contributed by atoms with Gasteiger partial charge in [0.25, 0.3) is 0 Å². The van der Waals surface area contributed by atoms with Crippen LogP contribution in [0, 0.1) is 0 Å². The first-order valence-corrected chi connectivity index (χ1v) is 7.86. The molecule has 0 N–H and O–H groups in total. The van der Waals surface area contributed by atoms with Gasteiger partial charge in [-0.1, -0.05) is 50.2 Å². The number of thioether (sulfide) groups is 1. The third-order valence-electron chi connectivity index (χ3n) is 3.69. The third kappa shape index (κ3) is 3.11. The molecule has 16 heavy (non-hydrogen) atoms. The van der Waals surface area contributed by atoms with Crippen molar-refractivity contribution in [3.8, 4) is 0 Å². The average molecular weight is 258 g/mol. The molecule has 2 nitrogen and oxygen atoms in total. The molecule has 4 heteroatoms. The Kier molecular flexibility index (Phi) is 4.92. The Hall–Kier alpha value is 0.200. The van der Waals surface area contributed by atoms with Crippen molar-refractivity contribution in [3.05, 3.63) is 0 Å². The predicted molar refractivity (Wildman–Crippen MR) is 75.9 cm³/mol. The van der Waals surface area contributed by atoms with E-state index in [1.807, 2.05) is 11.8 Å². The first-order valence-electron chi connectivity index (χ1n) is 6.47. The number of hydrogen-bond donors (Lipinski definition) is 0. The van der Waals surface area contributed by atoms with E-state index >= 15 is 0 Å². The Bertz CT molecular complexity index is 239. The van der Waals surface area contributed by atoms with E-state index in [9.17, 15) is 0 Å². The van der Waals surface area contributed by atoms with Crippen LogP contribution in [-0.2, 0) is 0 Å². The molecule has 2 aliphatic rings. The maximum absolute atomic E-state index is 5.37. The van der Waals surface area contributed by atoms with Crippen LogP contribution in [0.4, 0.5) is 0 Å². The first kappa shape index (κ1) is 12.7. The van der Waals surface area contributed by atoms with Crippen LogP contribution in [0.5, 0.6) is 0 Å². The lowest BCUT2D eigenvalue weighted by Gasteiger charge is -2.36. The lowest BCUT2D eigenvalue weighted by molar-refractivity contribution is 0.118. The zero-order chi connectivity index (χ0) is 11.4. The molecule has 0 radical (unpaired) electrons. The number of hydrogen-bond acceptors (Lipinski definition) is 3. The minimum Gasteiger partial charge on any atom is -0.344 e. The fourth-order valence-corrected chi connectivity index (χ4v) is 3.91. The monoisotopic (exact) mass is 258 g/mol. The molecule has 92 valence electrons. The van der Waals surface area contributed by atoms with Crippen molar-refractivity contribution in [1.82, 2.24) is 9.80 Å². The Morgan fingerprint density at radius 1 is 1.38 bits per heavy atom. The van der Waals surface area contributed by atoms with E-state index in [0.717, 1.165) is 30.1 Å². The summed E-state index contributed by atoms with van der Waals surface area (Å²) in [6.45, 7) is 5.65. The molecule has 0 bridgehead atoms. The van der Waals surface area contributed by atoms with Crippen LogP contribution in [0.15, 0.2) is 0 Å². The highest BCUT2D eigenvalue weighted by atomic mass is 32.2. The zero-order valence-corrected chi connectivity index (χ0v) is 11.8. The summed E-state index contributed by atoms with van der Waals surface area (Å²) in [5, 5.41) is 0. The van der Waals surface area contributed by atoms with Gasteiger partial charge in [-0.25, -0.2) is 0 Å². The van der Waals surface area contributed by atoms with E-state index in [-0.39, 0.29) is 0 Å². The molecule has 0 amide bonds. The van der Waals surface area contributed by atoms with Crippen LogP contribution in [-0.4, -0.2) is 45.7 Å². The number of thiocarbonyl (C=S) groups is 1. The summed E-state index contributed by atoms with van der Waals surface area (Å²) in [6, 6.07) is 0.812. The highest BCUT2D eigenvalue weighted by Crippen LogP contribution is 2.24. The Balaban J connectivity index is 1.86. The molecule has 0 aromatic rings.